The summed E-state index contributed by atoms with van der Waals surface area (Å²) in [6, 6.07) is -1.85. The molecule has 1 fully saturated rings. The molecular formula is C10H9N5O5S2. The Hall–Kier alpha value is -2.02. The summed E-state index contributed by atoms with van der Waals surface area (Å²) in [6.45, 7) is 0.217. The van der Waals surface area contributed by atoms with Crippen LogP contribution in [0, 0.1) is 0 Å². The van der Waals surface area contributed by atoms with Gasteiger partial charge in [0, 0.05) is 12.4 Å². The van der Waals surface area contributed by atoms with E-state index < -0.39 is 28.5 Å². The van der Waals surface area contributed by atoms with Gasteiger partial charge in [-0.3, -0.25) is 4.55 Å². The van der Waals surface area contributed by atoms with Crippen molar-refractivity contribution < 1.29 is 22.0 Å². The third kappa shape index (κ3) is 1.92. The average molecular weight is 343 g/mol. The fourth-order valence-corrected chi connectivity index (χ4v) is 4.02. The topological polar surface area (TPSA) is 129 Å². The first-order valence-electron chi connectivity index (χ1n) is 6.15. The number of nitrogens with zero attached hydrogens (tertiary/aromatic N) is 4. The summed E-state index contributed by atoms with van der Waals surface area (Å²) in [6.07, 6.45) is 3.18. The average Bonchev–Trinajstić information content (AvgIpc) is 3.15. The van der Waals surface area contributed by atoms with Gasteiger partial charge in [-0.25, -0.2) is 14.8 Å². The van der Waals surface area contributed by atoms with E-state index in [1.165, 1.54) is 16.2 Å². The van der Waals surface area contributed by atoms with Gasteiger partial charge >= 0.3 is 16.4 Å². The molecule has 2 aromatic rings. The zero-order valence-electron chi connectivity index (χ0n) is 10.8. The summed E-state index contributed by atoms with van der Waals surface area (Å²) < 4.78 is 35.3. The van der Waals surface area contributed by atoms with Crippen LogP contribution in [-0.4, -0.2) is 50.5 Å². The number of rotatable bonds is 3. The van der Waals surface area contributed by atoms with Crippen LogP contribution >= 0.6 is 11.3 Å². The van der Waals surface area contributed by atoms with Gasteiger partial charge in [0.25, 0.3) is 0 Å². The molecule has 0 spiro atoms. The van der Waals surface area contributed by atoms with Gasteiger partial charge in [-0.05, 0) is 0 Å². The van der Waals surface area contributed by atoms with Crippen LogP contribution in [0.5, 0.6) is 0 Å². The molecule has 2 N–H and O–H groups in total. The minimum atomic E-state index is -4.80. The Morgan fingerprint density at radius 1 is 1.45 bits per heavy atom. The third-order valence-corrected chi connectivity index (χ3v) is 4.83. The highest BCUT2D eigenvalue weighted by Crippen LogP contribution is 2.46. The molecule has 4 heterocycles. The molecule has 2 amide bonds. The Morgan fingerprint density at radius 2 is 2.27 bits per heavy atom. The van der Waals surface area contributed by atoms with Crippen LogP contribution in [-0.2, 0) is 14.7 Å². The fraction of sp³-hybridized carbons (Fsp3) is 0.300. The summed E-state index contributed by atoms with van der Waals surface area (Å²) in [4.78, 5) is 25.9. The van der Waals surface area contributed by atoms with Gasteiger partial charge in [-0.1, -0.05) is 0 Å². The standard InChI is InChI=1S/C10H9N5O5S2/c16-10-14-3-5(15(10)20-22(17,18)19)8-6(13-4-21-8)7(14)9-11-1-2-12-9/h1-2,4-5,7H,3H2,(H,11,12)(H,17,18,19)/t5-,7?/m0/s1. The number of nitrogens with one attached hydrogen (secondary N) is 1. The lowest BCUT2D eigenvalue weighted by atomic mass is 10.0. The first-order chi connectivity index (χ1) is 10.5. The number of aromatic amines is 1. The quantitative estimate of drug-likeness (QED) is 0.776. The molecule has 0 aromatic carbocycles. The van der Waals surface area contributed by atoms with Crippen molar-refractivity contribution in [1.82, 2.24) is 24.9 Å². The predicted molar refractivity (Wildman–Crippen MR) is 71.9 cm³/mol. The van der Waals surface area contributed by atoms with Crippen LogP contribution in [0.15, 0.2) is 17.9 Å². The second kappa shape index (κ2) is 4.49. The third-order valence-electron chi connectivity index (χ3n) is 3.54. The number of amides is 2. The van der Waals surface area contributed by atoms with E-state index in [0.29, 0.717) is 21.5 Å². The first-order valence-corrected chi connectivity index (χ1v) is 8.39. The van der Waals surface area contributed by atoms with Crippen LogP contribution in [0.25, 0.3) is 0 Å². The molecular weight excluding hydrogens is 334 g/mol. The van der Waals surface area contributed by atoms with E-state index >= 15 is 0 Å². The normalized spacial score (nSPS) is 24.0. The van der Waals surface area contributed by atoms with Gasteiger partial charge in [-0.15, -0.1) is 15.6 Å². The first kappa shape index (κ1) is 13.6. The van der Waals surface area contributed by atoms with Gasteiger partial charge in [0.2, 0.25) is 0 Å². The number of aromatic nitrogens is 3. The SMILES string of the molecule is O=C1N2C[C@@H](c3scnc3C2c2ncc[nH]2)N1OS(=O)(=O)O. The highest BCUT2D eigenvalue weighted by Gasteiger charge is 2.52. The summed E-state index contributed by atoms with van der Waals surface area (Å²) in [5.74, 6) is 0.521. The Morgan fingerprint density at radius 3 is 2.95 bits per heavy atom. The predicted octanol–water partition coefficient (Wildman–Crippen LogP) is 0.482. The Balaban J connectivity index is 1.82. The maximum Gasteiger partial charge on any atom is 0.418 e. The van der Waals surface area contributed by atoms with Gasteiger partial charge < -0.3 is 9.88 Å². The Bertz CT molecular complexity index is 832. The molecule has 2 aliphatic heterocycles. The molecule has 0 radical (unpaired) electrons. The van der Waals surface area contributed by atoms with E-state index in [1.54, 1.807) is 17.9 Å². The maximum absolute atomic E-state index is 12.4. The lowest BCUT2D eigenvalue weighted by Gasteiger charge is -2.27. The second-order valence-corrected chi connectivity index (χ2v) is 6.65. The zero-order chi connectivity index (χ0) is 15.5. The molecule has 10 nitrogen and oxygen atoms in total. The molecule has 1 unspecified atom stereocenters. The highest BCUT2D eigenvalue weighted by atomic mass is 32.3. The molecule has 4 rings (SSSR count). The monoisotopic (exact) mass is 343 g/mol. The Kier molecular flexibility index (Phi) is 2.78. The van der Waals surface area contributed by atoms with E-state index in [2.05, 4.69) is 19.2 Å². The van der Waals surface area contributed by atoms with Crippen LogP contribution in [0.2, 0.25) is 0 Å². The van der Waals surface area contributed by atoms with Gasteiger partial charge in [0.15, 0.2) is 0 Å². The summed E-state index contributed by atoms with van der Waals surface area (Å²) >= 11 is 1.29. The van der Waals surface area contributed by atoms with Crippen molar-refractivity contribution in [2.45, 2.75) is 12.1 Å². The van der Waals surface area contributed by atoms with Crippen molar-refractivity contribution in [3.05, 3.63) is 34.3 Å². The van der Waals surface area contributed by atoms with E-state index in [1.807, 2.05) is 0 Å². The maximum atomic E-state index is 12.4. The van der Waals surface area contributed by atoms with Crippen LogP contribution in [0.3, 0.4) is 0 Å². The number of fused-ring (bicyclic) bond motifs is 4. The van der Waals surface area contributed by atoms with Crippen molar-refractivity contribution in [1.29, 1.82) is 0 Å². The number of carbonyl (C=O) groups is 1. The van der Waals surface area contributed by atoms with E-state index in [9.17, 15) is 13.2 Å². The minimum Gasteiger partial charge on any atom is -0.347 e. The number of carbonyl (C=O) groups excluding carboxylic acids is 1. The number of urea groups is 1. The van der Waals surface area contributed by atoms with E-state index in [0.717, 1.165) is 0 Å². The van der Waals surface area contributed by atoms with Crippen LogP contribution in [0.4, 0.5) is 4.79 Å². The minimum absolute atomic E-state index is 0.217. The molecule has 2 atom stereocenters. The Labute approximate surface area is 128 Å². The molecule has 2 aromatic heterocycles. The molecule has 1 saturated heterocycles. The van der Waals surface area contributed by atoms with Crippen LogP contribution < -0.4 is 0 Å². The molecule has 116 valence electrons. The van der Waals surface area contributed by atoms with Crippen molar-refractivity contribution >= 4 is 27.8 Å². The lowest BCUT2D eigenvalue weighted by molar-refractivity contribution is -0.0308. The largest absolute Gasteiger partial charge is 0.418 e. The number of hydrogen-bond acceptors (Lipinski definition) is 7. The number of thiazole rings is 1. The summed E-state index contributed by atoms with van der Waals surface area (Å²) in [7, 11) is -4.80. The summed E-state index contributed by atoms with van der Waals surface area (Å²) in [5.41, 5.74) is 2.23. The fourth-order valence-electron chi connectivity index (χ4n) is 2.76. The van der Waals surface area contributed by atoms with E-state index in [-0.39, 0.29) is 6.54 Å². The summed E-state index contributed by atoms with van der Waals surface area (Å²) in [5, 5.41) is 0.662. The zero-order valence-corrected chi connectivity index (χ0v) is 12.4. The molecule has 0 saturated carbocycles. The van der Waals surface area contributed by atoms with E-state index in [4.69, 9.17) is 4.55 Å². The molecule has 2 bridgehead atoms. The van der Waals surface area contributed by atoms with Gasteiger partial charge in [0.05, 0.1) is 22.6 Å². The van der Waals surface area contributed by atoms with Crippen molar-refractivity contribution in [2.24, 2.45) is 0 Å². The van der Waals surface area contributed by atoms with Crippen molar-refractivity contribution in [3.8, 4) is 0 Å². The lowest BCUT2D eigenvalue weighted by Crippen LogP contribution is -2.36. The van der Waals surface area contributed by atoms with Gasteiger partial charge in [-0.2, -0.15) is 13.5 Å². The molecule has 12 heteroatoms. The number of hydrogen-bond donors (Lipinski definition) is 2. The highest BCUT2D eigenvalue weighted by molar-refractivity contribution is 7.80. The van der Waals surface area contributed by atoms with Crippen molar-refractivity contribution in [3.63, 3.8) is 0 Å². The van der Waals surface area contributed by atoms with Crippen LogP contribution in [0.1, 0.15) is 28.5 Å². The smallest absolute Gasteiger partial charge is 0.347 e. The number of H-pyrrole nitrogens is 1. The molecule has 0 aliphatic carbocycles. The number of imidazole rings is 1. The van der Waals surface area contributed by atoms with Crippen molar-refractivity contribution in [2.75, 3.05) is 6.54 Å². The second-order valence-electron chi connectivity index (χ2n) is 4.76. The van der Waals surface area contributed by atoms with Gasteiger partial charge in [0.1, 0.15) is 17.9 Å². The molecule has 2 aliphatic rings. The number of hydroxylamine groups is 2. The molecule has 22 heavy (non-hydrogen) atoms.